The third-order valence-corrected chi connectivity index (χ3v) is 3.13. The Morgan fingerprint density at radius 1 is 1.21 bits per heavy atom. The fourth-order valence-electron chi connectivity index (χ4n) is 1.99. The number of hydrogen-bond donors (Lipinski definition) is 2. The Morgan fingerprint density at radius 2 is 2.00 bits per heavy atom. The quantitative estimate of drug-likeness (QED) is 0.282. The molecule has 0 aliphatic heterocycles. The van der Waals surface area contributed by atoms with Crippen molar-refractivity contribution in [2.75, 3.05) is 26.3 Å². The smallest absolute Gasteiger partial charge is 0.191 e. The summed E-state index contributed by atoms with van der Waals surface area (Å²) in [5.41, 5.74) is 2.12. The van der Waals surface area contributed by atoms with Gasteiger partial charge in [0.15, 0.2) is 5.96 Å². The van der Waals surface area contributed by atoms with E-state index in [9.17, 15) is 0 Å². The molecule has 1 heterocycles. The molecule has 132 valence electrons. The molecule has 0 atom stereocenters. The summed E-state index contributed by atoms with van der Waals surface area (Å²) in [6, 6.07) is 8.11. The van der Waals surface area contributed by atoms with Crippen molar-refractivity contribution in [2.24, 2.45) is 4.99 Å². The maximum Gasteiger partial charge on any atom is 0.191 e. The summed E-state index contributed by atoms with van der Waals surface area (Å²) in [6.45, 7) is 7.62. The van der Waals surface area contributed by atoms with Crippen molar-refractivity contribution in [1.29, 1.82) is 0 Å². The zero-order chi connectivity index (χ0) is 16.3. The third-order valence-electron chi connectivity index (χ3n) is 3.13. The summed E-state index contributed by atoms with van der Waals surface area (Å²) >= 11 is 0. The van der Waals surface area contributed by atoms with E-state index in [4.69, 9.17) is 4.74 Å². The summed E-state index contributed by atoms with van der Waals surface area (Å²) < 4.78 is 7.04. The number of hydrogen-bond acceptors (Lipinski definition) is 4. The Balaban J connectivity index is 0.00000288. The highest BCUT2D eigenvalue weighted by Gasteiger charge is 1.99. The highest BCUT2D eigenvalue weighted by molar-refractivity contribution is 14.0. The standard InChI is InChI=1S/C16H24N6O.HI/c1-3-18-16(19-9-10-23-4-2)20-11-14-5-7-15(8-6-14)22-13-17-12-21-22;/h5-8,12-13H,3-4,9-11H2,1-2H3,(H2,18,19,20);1H. The highest BCUT2D eigenvalue weighted by atomic mass is 127. The molecule has 2 N–H and O–H groups in total. The van der Waals surface area contributed by atoms with E-state index in [1.54, 1.807) is 11.0 Å². The number of nitrogens with zero attached hydrogens (tertiary/aromatic N) is 4. The van der Waals surface area contributed by atoms with E-state index in [0.29, 0.717) is 13.2 Å². The van der Waals surface area contributed by atoms with E-state index in [2.05, 4.69) is 25.7 Å². The summed E-state index contributed by atoms with van der Waals surface area (Å²) in [6.07, 6.45) is 3.20. The lowest BCUT2D eigenvalue weighted by atomic mass is 10.2. The van der Waals surface area contributed by atoms with E-state index in [0.717, 1.165) is 36.9 Å². The van der Waals surface area contributed by atoms with Crippen LogP contribution in [0.5, 0.6) is 0 Å². The van der Waals surface area contributed by atoms with Crippen LogP contribution >= 0.6 is 24.0 Å². The van der Waals surface area contributed by atoms with Gasteiger partial charge >= 0.3 is 0 Å². The lowest BCUT2D eigenvalue weighted by Gasteiger charge is -2.11. The van der Waals surface area contributed by atoms with Gasteiger partial charge in [-0.2, -0.15) is 5.10 Å². The summed E-state index contributed by atoms with van der Waals surface area (Å²) in [4.78, 5) is 8.52. The van der Waals surface area contributed by atoms with E-state index >= 15 is 0 Å². The molecule has 0 bridgehead atoms. The van der Waals surface area contributed by atoms with Gasteiger partial charge in [-0.05, 0) is 31.5 Å². The lowest BCUT2D eigenvalue weighted by molar-refractivity contribution is 0.152. The molecule has 0 unspecified atom stereocenters. The molecule has 0 radical (unpaired) electrons. The minimum atomic E-state index is 0. The number of benzene rings is 1. The van der Waals surface area contributed by atoms with E-state index in [1.807, 2.05) is 38.1 Å². The lowest BCUT2D eigenvalue weighted by Crippen LogP contribution is -2.39. The van der Waals surface area contributed by atoms with Crippen molar-refractivity contribution in [1.82, 2.24) is 25.4 Å². The normalized spacial score (nSPS) is 11.0. The minimum Gasteiger partial charge on any atom is -0.380 e. The maximum absolute atomic E-state index is 5.31. The number of halogens is 1. The number of guanidine groups is 1. The Labute approximate surface area is 159 Å². The van der Waals surface area contributed by atoms with Gasteiger partial charge in [-0.15, -0.1) is 24.0 Å². The van der Waals surface area contributed by atoms with Crippen molar-refractivity contribution >= 4 is 29.9 Å². The van der Waals surface area contributed by atoms with E-state index in [-0.39, 0.29) is 24.0 Å². The number of rotatable bonds is 8. The first kappa shape index (κ1) is 20.4. The first-order valence-electron chi connectivity index (χ1n) is 7.87. The van der Waals surface area contributed by atoms with Crippen molar-refractivity contribution < 1.29 is 4.74 Å². The van der Waals surface area contributed by atoms with Gasteiger partial charge in [-0.1, -0.05) is 12.1 Å². The van der Waals surface area contributed by atoms with Gasteiger partial charge in [0.1, 0.15) is 12.7 Å². The Bertz CT molecular complexity index is 585. The summed E-state index contributed by atoms with van der Waals surface area (Å²) in [7, 11) is 0. The molecule has 24 heavy (non-hydrogen) atoms. The van der Waals surface area contributed by atoms with Crippen LogP contribution < -0.4 is 10.6 Å². The second kappa shape index (κ2) is 11.8. The predicted molar refractivity (Wildman–Crippen MR) is 106 cm³/mol. The molecule has 0 fully saturated rings. The molecule has 8 heteroatoms. The van der Waals surface area contributed by atoms with Gasteiger partial charge in [-0.25, -0.2) is 14.7 Å². The van der Waals surface area contributed by atoms with Crippen LogP contribution in [0.3, 0.4) is 0 Å². The van der Waals surface area contributed by atoms with Gasteiger partial charge in [0.25, 0.3) is 0 Å². The fourth-order valence-corrected chi connectivity index (χ4v) is 1.99. The molecule has 1 aromatic heterocycles. The second-order valence-electron chi connectivity index (χ2n) is 4.83. The van der Waals surface area contributed by atoms with Crippen LogP contribution in [0.25, 0.3) is 5.69 Å². The monoisotopic (exact) mass is 444 g/mol. The van der Waals surface area contributed by atoms with Crippen molar-refractivity contribution in [3.63, 3.8) is 0 Å². The Hall–Kier alpha value is -1.68. The minimum absolute atomic E-state index is 0. The van der Waals surface area contributed by atoms with Crippen LogP contribution in [-0.2, 0) is 11.3 Å². The van der Waals surface area contributed by atoms with Crippen molar-refractivity contribution in [3.8, 4) is 5.69 Å². The van der Waals surface area contributed by atoms with Gasteiger partial charge in [0.2, 0.25) is 0 Å². The highest BCUT2D eigenvalue weighted by Crippen LogP contribution is 2.08. The molecular formula is C16H25IN6O. The van der Waals surface area contributed by atoms with Crippen LogP contribution in [-0.4, -0.2) is 47.0 Å². The third kappa shape index (κ3) is 6.83. The predicted octanol–water partition coefficient (Wildman–Crippen LogP) is 1.98. The summed E-state index contributed by atoms with van der Waals surface area (Å²) in [5.74, 6) is 0.799. The van der Waals surface area contributed by atoms with Gasteiger partial charge in [-0.3, -0.25) is 0 Å². The number of aromatic nitrogens is 3. The first-order valence-corrected chi connectivity index (χ1v) is 7.87. The van der Waals surface area contributed by atoms with Crippen LogP contribution in [0, 0.1) is 0 Å². The van der Waals surface area contributed by atoms with Crippen LogP contribution in [0.1, 0.15) is 19.4 Å². The van der Waals surface area contributed by atoms with Crippen molar-refractivity contribution in [2.45, 2.75) is 20.4 Å². The molecule has 0 spiro atoms. The maximum atomic E-state index is 5.31. The molecule has 2 rings (SSSR count). The van der Waals surface area contributed by atoms with Gasteiger partial charge < -0.3 is 15.4 Å². The molecular weight excluding hydrogens is 419 g/mol. The molecule has 0 saturated heterocycles. The Kier molecular flexibility index (Phi) is 10.0. The number of ether oxygens (including phenoxy) is 1. The zero-order valence-corrected chi connectivity index (χ0v) is 16.4. The van der Waals surface area contributed by atoms with E-state index in [1.165, 1.54) is 6.33 Å². The largest absolute Gasteiger partial charge is 0.380 e. The molecule has 2 aromatic rings. The average Bonchev–Trinajstić information content (AvgIpc) is 3.11. The average molecular weight is 444 g/mol. The fraction of sp³-hybridized carbons (Fsp3) is 0.438. The SMILES string of the molecule is CCNC(=NCc1ccc(-n2cncn2)cc1)NCCOCC.I. The van der Waals surface area contributed by atoms with E-state index < -0.39 is 0 Å². The second-order valence-corrected chi connectivity index (χ2v) is 4.83. The molecule has 0 aliphatic rings. The van der Waals surface area contributed by atoms with Crippen molar-refractivity contribution in [3.05, 3.63) is 42.5 Å². The molecule has 1 aromatic carbocycles. The molecule has 7 nitrogen and oxygen atoms in total. The van der Waals surface area contributed by atoms with Gasteiger partial charge in [0.05, 0.1) is 18.8 Å². The van der Waals surface area contributed by atoms with Crippen LogP contribution in [0.2, 0.25) is 0 Å². The molecule has 0 amide bonds. The zero-order valence-electron chi connectivity index (χ0n) is 14.1. The number of aliphatic imine (C=N–C) groups is 1. The topological polar surface area (TPSA) is 76.4 Å². The molecule has 0 saturated carbocycles. The Morgan fingerprint density at radius 3 is 2.62 bits per heavy atom. The van der Waals surface area contributed by atoms with Gasteiger partial charge in [0, 0.05) is 19.7 Å². The molecule has 0 aliphatic carbocycles. The van der Waals surface area contributed by atoms with Crippen LogP contribution in [0.4, 0.5) is 0 Å². The first-order chi connectivity index (χ1) is 11.3. The summed E-state index contributed by atoms with van der Waals surface area (Å²) in [5, 5.41) is 10.6. The number of nitrogens with one attached hydrogen (secondary N) is 2. The van der Waals surface area contributed by atoms with Crippen LogP contribution in [0.15, 0.2) is 41.9 Å².